The Hall–Kier alpha value is -1.33. The van der Waals surface area contributed by atoms with Crippen LogP contribution in [0.2, 0.25) is 0 Å². The highest BCUT2D eigenvalue weighted by atomic mass is 79.9. The zero-order valence-corrected chi connectivity index (χ0v) is 14.1. The molecule has 1 amide bonds. The number of rotatable bonds is 3. The first-order valence-corrected chi connectivity index (χ1v) is 8.66. The van der Waals surface area contributed by atoms with E-state index in [4.69, 9.17) is 4.74 Å². The Labute approximate surface area is 136 Å². The smallest absolute Gasteiger partial charge is 0.224 e. The Bertz CT molecular complexity index is 668. The van der Waals surface area contributed by atoms with Crippen molar-refractivity contribution in [2.45, 2.75) is 24.1 Å². The van der Waals surface area contributed by atoms with Crippen molar-refractivity contribution in [3.8, 4) is 5.75 Å². The fourth-order valence-corrected chi connectivity index (χ4v) is 4.09. The number of hydrogen-bond donors (Lipinski definition) is 1. The van der Waals surface area contributed by atoms with Crippen molar-refractivity contribution in [1.29, 1.82) is 0 Å². The molecule has 0 saturated carbocycles. The quantitative estimate of drug-likeness (QED) is 0.812. The SMILES string of the molecule is COc1csc(C(Br)c2ccc3c(c2)CCCC(=O)N3)c1. The summed E-state index contributed by atoms with van der Waals surface area (Å²) in [6.45, 7) is 0. The summed E-state index contributed by atoms with van der Waals surface area (Å²) in [4.78, 5) is 13.0. The van der Waals surface area contributed by atoms with Crippen molar-refractivity contribution < 1.29 is 9.53 Å². The molecule has 3 nitrogen and oxygen atoms in total. The van der Waals surface area contributed by atoms with Gasteiger partial charge in [0.15, 0.2) is 0 Å². The molecule has 1 unspecified atom stereocenters. The van der Waals surface area contributed by atoms with E-state index < -0.39 is 0 Å². The maximum atomic E-state index is 11.6. The van der Waals surface area contributed by atoms with Crippen LogP contribution in [0.4, 0.5) is 5.69 Å². The van der Waals surface area contributed by atoms with Gasteiger partial charge in [-0.05, 0) is 36.1 Å². The van der Waals surface area contributed by atoms with E-state index >= 15 is 0 Å². The van der Waals surface area contributed by atoms with E-state index in [1.165, 1.54) is 16.0 Å². The van der Waals surface area contributed by atoms with Crippen LogP contribution in [0.3, 0.4) is 0 Å². The third kappa shape index (κ3) is 3.14. The largest absolute Gasteiger partial charge is 0.496 e. The van der Waals surface area contributed by atoms with Crippen LogP contribution in [0.5, 0.6) is 5.75 Å². The Morgan fingerprint density at radius 3 is 2.95 bits per heavy atom. The minimum absolute atomic E-state index is 0.111. The molecule has 1 aromatic heterocycles. The number of thiophene rings is 1. The maximum absolute atomic E-state index is 11.6. The summed E-state index contributed by atoms with van der Waals surface area (Å²) in [5, 5.41) is 4.98. The predicted molar refractivity (Wildman–Crippen MR) is 89.7 cm³/mol. The van der Waals surface area contributed by atoms with Gasteiger partial charge in [0.1, 0.15) is 5.75 Å². The zero-order valence-electron chi connectivity index (χ0n) is 11.7. The number of ether oxygens (including phenoxy) is 1. The second-order valence-electron chi connectivity index (χ2n) is 5.07. The number of carbonyl (C=O) groups excluding carboxylic acids is 1. The summed E-state index contributed by atoms with van der Waals surface area (Å²) < 4.78 is 5.24. The molecular weight excluding hydrogens is 350 g/mol. The Morgan fingerprint density at radius 1 is 1.33 bits per heavy atom. The summed E-state index contributed by atoms with van der Waals surface area (Å²) in [5.74, 6) is 1.00. The molecule has 1 aliphatic rings. The summed E-state index contributed by atoms with van der Waals surface area (Å²) in [5.41, 5.74) is 3.37. The molecule has 1 atom stereocenters. The van der Waals surface area contributed by atoms with Gasteiger partial charge >= 0.3 is 0 Å². The number of fused-ring (bicyclic) bond motifs is 1. The molecule has 0 fully saturated rings. The van der Waals surface area contributed by atoms with Crippen LogP contribution in [-0.4, -0.2) is 13.0 Å². The van der Waals surface area contributed by atoms with E-state index in [2.05, 4.69) is 39.4 Å². The predicted octanol–water partition coefficient (Wildman–Crippen LogP) is 4.52. The van der Waals surface area contributed by atoms with Crippen molar-refractivity contribution in [3.63, 3.8) is 0 Å². The molecule has 2 aromatic rings. The molecule has 0 radical (unpaired) electrons. The minimum Gasteiger partial charge on any atom is -0.496 e. The summed E-state index contributed by atoms with van der Waals surface area (Å²) in [6, 6.07) is 8.31. The molecule has 0 spiro atoms. The molecule has 0 saturated heterocycles. The van der Waals surface area contributed by atoms with Gasteiger partial charge in [0, 0.05) is 22.4 Å². The van der Waals surface area contributed by atoms with Gasteiger partial charge < -0.3 is 10.1 Å². The van der Waals surface area contributed by atoms with Gasteiger partial charge in [-0.2, -0.15) is 0 Å². The fourth-order valence-electron chi connectivity index (χ4n) is 2.49. The number of benzene rings is 1. The highest BCUT2D eigenvalue weighted by molar-refractivity contribution is 9.09. The van der Waals surface area contributed by atoms with E-state index in [9.17, 15) is 4.79 Å². The van der Waals surface area contributed by atoms with E-state index in [1.807, 2.05) is 11.4 Å². The number of aryl methyl sites for hydroxylation is 1. The number of alkyl halides is 1. The lowest BCUT2D eigenvalue weighted by Gasteiger charge is -2.12. The minimum atomic E-state index is 0.111. The van der Waals surface area contributed by atoms with Crippen LogP contribution >= 0.6 is 27.3 Å². The second kappa shape index (κ2) is 6.20. The molecule has 1 aromatic carbocycles. The standard InChI is InChI=1S/C16H16BrNO2S/c1-20-12-8-14(21-9-12)16(17)11-5-6-13-10(7-11)3-2-4-15(19)18-13/h5-9,16H,2-4H2,1H3,(H,18,19). The average molecular weight is 366 g/mol. The number of methoxy groups -OCH3 is 1. The van der Waals surface area contributed by atoms with Gasteiger partial charge in [0.2, 0.25) is 5.91 Å². The summed E-state index contributed by atoms with van der Waals surface area (Å²) in [7, 11) is 1.68. The van der Waals surface area contributed by atoms with E-state index in [-0.39, 0.29) is 10.7 Å². The maximum Gasteiger partial charge on any atom is 0.224 e. The number of carbonyl (C=O) groups is 1. The van der Waals surface area contributed by atoms with Crippen molar-refractivity contribution in [1.82, 2.24) is 0 Å². The van der Waals surface area contributed by atoms with Crippen molar-refractivity contribution in [2.75, 3.05) is 12.4 Å². The fraction of sp³-hybridized carbons (Fsp3) is 0.312. The molecule has 0 aliphatic carbocycles. The highest BCUT2D eigenvalue weighted by Crippen LogP contribution is 2.38. The van der Waals surface area contributed by atoms with E-state index in [0.717, 1.165) is 24.3 Å². The summed E-state index contributed by atoms with van der Waals surface area (Å²) >= 11 is 5.44. The number of amides is 1. The van der Waals surface area contributed by atoms with E-state index in [1.54, 1.807) is 18.4 Å². The molecule has 5 heteroatoms. The van der Waals surface area contributed by atoms with Gasteiger partial charge in [-0.15, -0.1) is 11.3 Å². The monoisotopic (exact) mass is 365 g/mol. The Kier molecular flexibility index (Phi) is 4.31. The Morgan fingerprint density at radius 2 is 2.19 bits per heavy atom. The van der Waals surface area contributed by atoms with Crippen LogP contribution in [0.25, 0.3) is 0 Å². The third-order valence-corrected chi connectivity index (χ3v) is 5.93. The number of hydrogen-bond acceptors (Lipinski definition) is 3. The molecule has 2 heterocycles. The van der Waals surface area contributed by atoms with Crippen LogP contribution in [0, 0.1) is 0 Å². The van der Waals surface area contributed by atoms with Gasteiger partial charge in [-0.25, -0.2) is 0 Å². The molecule has 1 aliphatic heterocycles. The second-order valence-corrected chi connectivity index (χ2v) is 6.93. The molecule has 0 bridgehead atoms. The van der Waals surface area contributed by atoms with Gasteiger partial charge in [0.25, 0.3) is 0 Å². The molecule has 110 valence electrons. The Balaban J connectivity index is 1.89. The first-order valence-electron chi connectivity index (χ1n) is 6.86. The zero-order chi connectivity index (χ0) is 14.8. The van der Waals surface area contributed by atoms with Gasteiger partial charge in [-0.3, -0.25) is 4.79 Å². The number of nitrogens with one attached hydrogen (secondary N) is 1. The van der Waals surface area contributed by atoms with Crippen molar-refractivity contribution >= 4 is 38.9 Å². The molecular formula is C16H16BrNO2S. The molecule has 21 heavy (non-hydrogen) atoms. The number of anilines is 1. The molecule has 3 rings (SSSR count). The lowest BCUT2D eigenvalue weighted by Crippen LogP contribution is -2.09. The third-order valence-electron chi connectivity index (χ3n) is 3.63. The summed E-state index contributed by atoms with van der Waals surface area (Å²) in [6.07, 6.45) is 2.45. The molecule has 1 N–H and O–H groups in total. The van der Waals surface area contributed by atoms with Crippen LogP contribution in [0.15, 0.2) is 29.6 Å². The first kappa shape index (κ1) is 14.6. The van der Waals surface area contributed by atoms with Crippen LogP contribution < -0.4 is 10.1 Å². The van der Waals surface area contributed by atoms with Crippen LogP contribution in [-0.2, 0) is 11.2 Å². The lowest BCUT2D eigenvalue weighted by molar-refractivity contribution is -0.116. The lowest BCUT2D eigenvalue weighted by atomic mass is 10.0. The van der Waals surface area contributed by atoms with Gasteiger partial charge in [-0.1, -0.05) is 28.1 Å². The van der Waals surface area contributed by atoms with Crippen molar-refractivity contribution in [3.05, 3.63) is 45.6 Å². The highest BCUT2D eigenvalue weighted by Gasteiger charge is 2.17. The van der Waals surface area contributed by atoms with Gasteiger partial charge in [0.05, 0.1) is 11.9 Å². The van der Waals surface area contributed by atoms with E-state index in [0.29, 0.717) is 6.42 Å². The van der Waals surface area contributed by atoms with Crippen molar-refractivity contribution in [2.24, 2.45) is 0 Å². The number of halogens is 1. The average Bonchev–Trinajstić information content (AvgIpc) is 2.89. The first-order chi connectivity index (χ1) is 10.2. The normalized spacial score (nSPS) is 15.8. The van der Waals surface area contributed by atoms with Crippen LogP contribution in [0.1, 0.15) is 33.7 Å². The topological polar surface area (TPSA) is 38.3 Å².